The summed E-state index contributed by atoms with van der Waals surface area (Å²) >= 11 is 1.64. The van der Waals surface area contributed by atoms with E-state index in [2.05, 4.69) is 0 Å². The van der Waals surface area contributed by atoms with Crippen molar-refractivity contribution >= 4 is 11.3 Å². The Labute approximate surface area is 117 Å². The van der Waals surface area contributed by atoms with Crippen LogP contribution in [0, 0.1) is 0 Å². The molecule has 19 heavy (non-hydrogen) atoms. The highest BCUT2D eigenvalue weighted by Gasteiger charge is 2.22. The van der Waals surface area contributed by atoms with Gasteiger partial charge in [-0.25, -0.2) is 0 Å². The molecule has 0 amide bonds. The molecule has 1 aromatic carbocycles. The molecular weight excluding hydrogens is 258 g/mol. The van der Waals surface area contributed by atoms with Crippen LogP contribution in [0.15, 0.2) is 41.8 Å². The number of aliphatic hydroxyl groups excluding tert-OH is 1. The Morgan fingerprint density at radius 3 is 2.68 bits per heavy atom. The highest BCUT2D eigenvalue weighted by atomic mass is 32.1. The fourth-order valence-electron chi connectivity index (χ4n) is 1.91. The number of para-hydroxylation sites is 1. The fraction of sp³-hybridized carbons (Fsp3) is 0.333. The molecule has 0 radical (unpaired) electrons. The van der Waals surface area contributed by atoms with Gasteiger partial charge in [0.1, 0.15) is 11.9 Å². The molecule has 3 N–H and O–H groups in total. The third-order valence-corrected chi connectivity index (χ3v) is 4.01. The van der Waals surface area contributed by atoms with Crippen molar-refractivity contribution in [2.75, 3.05) is 0 Å². The lowest BCUT2D eigenvalue weighted by Crippen LogP contribution is -2.31. The van der Waals surface area contributed by atoms with E-state index in [1.165, 1.54) is 0 Å². The topological polar surface area (TPSA) is 55.5 Å². The van der Waals surface area contributed by atoms with Crippen LogP contribution in [-0.4, -0.2) is 11.1 Å². The van der Waals surface area contributed by atoms with Gasteiger partial charge in [-0.15, -0.1) is 11.3 Å². The Bertz CT molecular complexity index is 499. The van der Waals surface area contributed by atoms with Crippen LogP contribution < -0.4 is 10.5 Å². The maximum atomic E-state index is 9.35. The van der Waals surface area contributed by atoms with E-state index < -0.39 is 0 Å². The predicted octanol–water partition coefficient (Wildman–Crippen LogP) is 3.10. The minimum Gasteiger partial charge on any atom is -0.483 e. The van der Waals surface area contributed by atoms with E-state index in [-0.39, 0.29) is 18.8 Å². The van der Waals surface area contributed by atoms with Gasteiger partial charge >= 0.3 is 0 Å². The van der Waals surface area contributed by atoms with E-state index in [0.717, 1.165) is 16.9 Å². The molecule has 0 saturated heterocycles. The number of benzene rings is 1. The molecule has 3 nitrogen and oxygen atoms in total. The monoisotopic (exact) mass is 277 g/mol. The average molecular weight is 277 g/mol. The summed E-state index contributed by atoms with van der Waals surface area (Å²) < 4.78 is 6.06. The van der Waals surface area contributed by atoms with Crippen molar-refractivity contribution < 1.29 is 9.84 Å². The van der Waals surface area contributed by atoms with Crippen LogP contribution in [0.5, 0.6) is 5.75 Å². The summed E-state index contributed by atoms with van der Waals surface area (Å²) in [5.74, 6) is 0.701. The molecule has 4 heteroatoms. The zero-order valence-electron chi connectivity index (χ0n) is 11.0. The third kappa shape index (κ3) is 3.35. The molecule has 102 valence electrons. The van der Waals surface area contributed by atoms with E-state index >= 15 is 0 Å². The molecular formula is C15H19NO2S. The molecule has 2 atom stereocenters. The molecule has 1 heterocycles. The summed E-state index contributed by atoms with van der Waals surface area (Å²) in [4.78, 5) is 1.11. The summed E-state index contributed by atoms with van der Waals surface area (Å²) in [5, 5.41) is 11.4. The lowest BCUT2D eigenvalue weighted by Gasteiger charge is -2.24. The second kappa shape index (κ2) is 6.70. The molecule has 0 spiro atoms. The summed E-state index contributed by atoms with van der Waals surface area (Å²) in [6, 6.07) is 11.5. The van der Waals surface area contributed by atoms with Gasteiger partial charge < -0.3 is 15.6 Å². The number of thiophene rings is 1. The largest absolute Gasteiger partial charge is 0.483 e. The minimum atomic E-state index is -0.169. The first-order valence-corrected chi connectivity index (χ1v) is 7.28. The quantitative estimate of drug-likeness (QED) is 0.853. The highest BCUT2D eigenvalue weighted by Crippen LogP contribution is 2.30. The van der Waals surface area contributed by atoms with Gasteiger partial charge in [-0.1, -0.05) is 31.2 Å². The average Bonchev–Trinajstić information content (AvgIpc) is 2.98. The maximum absolute atomic E-state index is 9.35. The lowest BCUT2D eigenvalue weighted by atomic mass is 10.1. The Hall–Kier alpha value is -1.36. The van der Waals surface area contributed by atoms with Crippen molar-refractivity contribution in [3.63, 3.8) is 0 Å². The van der Waals surface area contributed by atoms with Gasteiger partial charge in [-0.05, 0) is 23.9 Å². The smallest absolute Gasteiger partial charge is 0.148 e. The molecule has 2 unspecified atom stereocenters. The van der Waals surface area contributed by atoms with Crippen molar-refractivity contribution in [1.82, 2.24) is 0 Å². The number of hydrogen-bond donors (Lipinski definition) is 2. The van der Waals surface area contributed by atoms with Gasteiger partial charge in [0, 0.05) is 16.5 Å². The molecule has 2 aromatic rings. The number of rotatable bonds is 6. The molecule has 2 rings (SSSR count). The zero-order valence-corrected chi connectivity index (χ0v) is 11.8. The van der Waals surface area contributed by atoms with Gasteiger partial charge in [0.05, 0.1) is 6.61 Å². The Balaban J connectivity index is 2.25. The standard InChI is InChI=1S/C15H19NO2S/c1-2-12(16)15(14-8-5-9-19-14)18-13-7-4-3-6-11(13)10-17/h3-9,12,15,17H,2,10,16H2,1H3. The van der Waals surface area contributed by atoms with Crippen LogP contribution in [0.3, 0.4) is 0 Å². The van der Waals surface area contributed by atoms with E-state index in [0.29, 0.717) is 5.75 Å². The molecule has 0 saturated carbocycles. The van der Waals surface area contributed by atoms with Crippen LogP contribution in [0.1, 0.15) is 29.9 Å². The highest BCUT2D eigenvalue weighted by molar-refractivity contribution is 7.10. The molecule has 1 aromatic heterocycles. The first kappa shape index (κ1) is 14.1. The van der Waals surface area contributed by atoms with Gasteiger partial charge in [0.15, 0.2) is 0 Å². The lowest BCUT2D eigenvalue weighted by molar-refractivity contribution is 0.168. The number of hydrogen-bond acceptors (Lipinski definition) is 4. The summed E-state index contributed by atoms with van der Waals surface area (Å²) in [5.41, 5.74) is 6.95. The van der Waals surface area contributed by atoms with Crippen molar-refractivity contribution in [1.29, 1.82) is 0 Å². The second-order valence-electron chi connectivity index (χ2n) is 4.39. The number of nitrogens with two attached hydrogens (primary N) is 1. The van der Waals surface area contributed by atoms with Gasteiger partial charge in [-0.2, -0.15) is 0 Å². The summed E-state index contributed by atoms with van der Waals surface area (Å²) in [7, 11) is 0. The Morgan fingerprint density at radius 2 is 2.05 bits per heavy atom. The Morgan fingerprint density at radius 1 is 1.26 bits per heavy atom. The van der Waals surface area contributed by atoms with E-state index in [4.69, 9.17) is 10.5 Å². The SMILES string of the molecule is CCC(N)C(Oc1ccccc1CO)c1cccs1. The van der Waals surface area contributed by atoms with Crippen LogP contribution in [0.2, 0.25) is 0 Å². The van der Waals surface area contributed by atoms with Gasteiger partial charge in [0.2, 0.25) is 0 Å². The third-order valence-electron chi connectivity index (χ3n) is 3.08. The normalized spacial score (nSPS) is 14.1. The fourth-order valence-corrected chi connectivity index (χ4v) is 2.74. The predicted molar refractivity (Wildman–Crippen MR) is 78.3 cm³/mol. The molecule has 0 fully saturated rings. The summed E-state index contributed by atoms with van der Waals surface area (Å²) in [6.07, 6.45) is 0.668. The van der Waals surface area contributed by atoms with Crippen LogP contribution in [0.25, 0.3) is 0 Å². The van der Waals surface area contributed by atoms with Crippen LogP contribution >= 0.6 is 11.3 Å². The van der Waals surface area contributed by atoms with E-state index in [1.807, 2.05) is 48.7 Å². The summed E-state index contributed by atoms with van der Waals surface area (Å²) in [6.45, 7) is 2.02. The molecule has 0 aliphatic carbocycles. The maximum Gasteiger partial charge on any atom is 0.148 e. The number of ether oxygens (including phenoxy) is 1. The van der Waals surface area contributed by atoms with Gasteiger partial charge in [0.25, 0.3) is 0 Å². The molecule has 0 aliphatic rings. The van der Waals surface area contributed by atoms with Crippen LogP contribution in [0.4, 0.5) is 0 Å². The van der Waals surface area contributed by atoms with Crippen molar-refractivity contribution in [3.8, 4) is 5.75 Å². The number of aliphatic hydroxyl groups is 1. The minimum absolute atomic E-state index is 0.0330. The van der Waals surface area contributed by atoms with Crippen molar-refractivity contribution in [2.24, 2.45) is 5.73 Å². The second-order valence-corrected chi connectivity index (χ2v) is 5.37. The van der Waals surface area contributed by atoms with Crippen molar-refractivity contribution in [2.45, 2.75) is 32.1 Å². The first-order valence-electron chi connectivity index (χ1n) is 6.40. The molecule has 0 bridgehead atoms. The zero-order chi connectivity index (χ0) is 13.7. The molecule has 0 aliphatic heterocycles. The van der Waals surface area contributed by atoms with Gasteiger partial charge in [-0.3, -0.25) is 0 Å². The van der Waals surface area contributed by atoms with Crippen LogP contribution in [-0.2, 0) is 6.61 Å². The van der Waals surface area contributed by atoms with E-state index in [9.17, 15) is 5.11 Å². The Kier molecular flexibility index (Phi) is 4.96. The van der Waals surface area contributed by atoms with E-state index in [1.54, 1.807) is 11.3 Å². The van der Waals surface area contributed by atoms with Crippen molar-refractivity contribution in [3.05, 3.63) is 52.2 Å². The first-order chi connectivity index (χ1) is 9.26.